The van der Waals surface area contributed by atoms with E-state index in [0.717, 1.165) is 0 Å². The van der Waals surface area contributed by atoms with Crippen LogP contribution in [0.3, 0.4) is 0 Å². The van der Waals surface area contributed by atoms with Gasteiger partial charge in [0.15, 0.2) is 5.13 Å². The molecule has 8 nitrogen and oxygen atoms in total. The van der Waals surface area contributed by atoms with Crippen molar-refractivity contribution in [3.63, 3.8) is 0 Å². The zero-order chi connectivity index (χ0) is 17.6. The van der Waals surface area contributed by atoms with Gasteiger partial charge in [-0.3, -0.25) is 24.7 Å². The van der Waals surface area contributed by atoms with E-state index in [1.54, 1.807) is 43.0 Å². The van der Waals surface area contributed by atoms with Gasteiger partial charge in [-0.1, -0.05) is 6.07 Å². The van der Waals surface area contributed by atoms with Crippen LogP contribution in [0.25, 0.3) is 16.7 Å². The van der Waals surface area contributed by atoms with E-state index in [-0.39, 0.29) is 22.0 Å². The van der Waals surface area contributed by atoms with E-state index < -0.39 is 5.91 Å². The van der Waals surface area contributed by atoms with Crippen molar-refractivity contribution in [2.75, 3.05) is 5.32 Å². The van der Waals surface area contributed by atoms with Gasteiger partial charge in [-0.15, -0.1) is 11.3 Å². The SMILES string of the molecule is Cn1c(=N)c(C(=O)Nc2nccs2)cc2c(=O)n3ccccc3nc21. The molecule has 0 aliphatic rings. The first-order valence-electron chi connectivity index (χ1n) is 7.33. The molecule has 25 heavy (non-hydrogen) atoms. The first-order valence-corrected chi connectivity index (χ1v) is 8.21. The van der Waals surface area contributed by atoms with Crippen LogP contribution in [0.4, 0.5) is 5.13 Å². The number of nitrogens with zero attached hydrogens (tertiary/aromatic N) is 4. The molecule has 0 aliphatic carbocycles. The highest BCUT2D eigenvalue weighted by atomic mass is 32.1. The van der Waals surface area contributed by atoms with Crippen LogP contribution < -0.4 is 16.4 Å². The van der Waals surface area contributed by atoms with E-state index in [1.807, 2.05) is 0 Å². The number of thiazole rings is 1. The van der Waals surface area contributed by atoms with E-state index in [4.69, 9.17) is 5.41 Å². The molecule has 124 valence electrons. The molecule has 4 aromatic heterocycles. The van der Waals surface area contributed by atoms with Gasteiger partial charge in [0, 0.05) is 24.8 Å². The molecule has 2 N–H and O–H groups in total. The molecule has 0 aliphatic heterocycles. The number of carbonyl (C=O) groups excluding carboxylic acids is 1. The summed E-state index contributed by atoms with van der Waals surface area (Å²) in [7, 11) is 1.61. The predicted octanol–water partition coefficient (Wildman–Crippen LogP) is 1.37. The summed E-state index contributed by atoms with van der Waals surface area (Å²) in [6, 6.07) is 6.64. The molecule has 0 radical (unpaired) electrons. The zero-order valence-corrected chi connectivity index (χ0v) is 13.9. The normalized spacial score (nSPS) is 11.1. The maximum Gasteiger partial charge on any atom is 0.267 e. The summed E-state index contributed by atoms with van der Waals surface area (Å²) in [5, 5.41) is 13.3. The van der Waals surface area contributed by atoms with Crippen LogP contribution in [0.5, 0.6) is 0 Å². The third-order valence-electron chi connectivity index (χ3n) is 3.84. The number of amides is 1. The topological polar surface area (TPSA) is 105 Å². The molecule has 1 amide bonds. The quantitative estimate of drug-likeness (QED) is 0.532. The Hall–Kier alpha value is -3.33. The second kappa shape index (κ2) is 5.64. The number of nitrogens with one attached hydrogen (secondary N) is 2. The van der Waals surface area contributed by atoms with Crippen LogP contribution in [0, 0.1) is 5.41 Å². The lowest BCUT2D eigenvalue weighted by molar-refractivity contribution is 0.102. The van der Waals surface area contributed by atoms with E-state index in [9.17, 15) is 9.59 Å². The maximum atomic E-state index is 12.7. The van der Waals surface area contributed by atoms with Gasteiger partial charge in [-0.05, 0) is 18.2 Å². The number of hydrogen-bond donors (Lipinski definition) is 2. The van der Waals surface area contributed by atoms with Crippen molar-refractivity contribution in [2.24, 2.45) is 7.05 Å². The smallest absolute Gasteiger partial charge is 0.267 e. The molecule has 0 spiro atoms. The molecule has 0 saturated heterocycles. The van der Waals surface area contributed by atoms with E-state index in [0.29, 0.717) is 16.4 Å². The van der Waals surface area contributed by atoms with Gasteiger partial charge in [0.25, 0.3) is 11.5 Å². The van der Waals surface area contributed by atoms with Gasteiger partial charge in [-0.2, -0.15) is 0 Å². The maximum absolute atomic E-state index is 12.7. The third kappa shape index (κ3) is 2.41. The highest BCUT2D eigenvalue weighted by Crippen LogP contribution is 2.13. The molecule has 0 fully saturated rings. The Kier molecular flexibility index (Phi) is 3.43. The largest absolute Gasteiger partial charge is 0.313 e. The van der Waals surface area contributed by atoms with Gasteiger partial charge >= 0.3 is 0 Å². The van der Waals surface area contributed by atoms with Crippen LogP contribution in [0.1, 0.15) is 10.4 Å². The average molecular weight is 352 g/mol. The summed E-state index contributed by atoms with van der Waals surface area (Å²) in [5.41, 5.74) is 0.593. The van der Waals surface area contributed by atoms with E-state index in [2.05, 4.69) is 15.3 Å². The average Bonchev–Trinajstić information content (AvgIpc) is 3.11. The van der Waals surface area contributed by atoms with Gasteiger partial charge in [0.1, 0.15) is 16.8 Å². The van der Waals surface area contributed by atoms with Crippen molar-refractivity contribution in [3.05, 3.63) is 63.4 Å². The molecule has 0 unspecified atom stereocenters. The summed E-state index contributed by atoms with van der Waals surface area (Å²) in [4.78, 5) is 33.7. The van der Waals surface area contributed by atoms with Gasteiger partial charge < -0.3 is 4.57 Å². The summed E-state index contributed by atoms with van der Waals surface area (Å²) in [6.07, 6.45) is 3.19. The number of carbonyl (C=O) groups is 1. The van der Waals surface area contributed by atoms with Gasteiger partial charge in [0.2, 0.25) is 0 Å². The Balaban J connectivity index is 1.98. The Morgan fingerprint density at radius 2 is 2.20 bits per heavy atom. The fourth-order valence-corrected chi connectivity index (χ4v) is 3.12. The minimum atomic E-state index is -0.491. The van der Waals surface area contributed by atoms with Crippen molar-refractivity contribution >= 4 is 39.1 Å². The Labute approximate surface area is 144 Å². The van der Waals surface area contributed by atoms with Crippen molar-refractivity contribution in [2.45, 2.75) is 0 Å². The molecular formula is C16H12N6O2S. The minimum absolute atomic E-state index is 0.0336. The van der Waals surface area contributed by atoms with Crippen LogP contribution >= 0.6 is 11.3 Å². The summed E-state index contributed by atoms with van der Waals surface area (Å²) in [6.45, 7) is 0. The Bertz CT molecular complexity index is 1240. The number of rotatable bonds is 2. The third-order valence-corrected chi connectivity index (χ3v) is 4.53. The fourth-order valence-electron chi connectivity index (χ4n) is 2.60. The van der Waals surface area contributed by atoms with Crippen molar-refractivity contribution < 1.29 is 4.79 Å². The number of pyridine rings is 2. The number of hydrogen-bond acceptors (Lipinski definition) is 6. The molecule has 4 rings (SSSR count). The highest BCUT2D eigenvalue weighted by molar-refractivity contribution is 7.13. The lowest BCUT2D eigenvalue weighted by atomic mass is 10.2. The predicted molar refractivity (Wildman–Crippen MR) is 93.9 cm³/mol. The molecule has 9 heteroatoms. The first kappa shape index (κ1) is 15.2. The highest BCUT2D eigenvalue weighted by Gasteiger charge is 2.16. The monoisotopic (exact) mass is 352 g/mol. The Morgan fingerprint density at radius 3 is 2.96 bits per heavy atom. The number of anilines is 1. The molecule has 0 bridgehead atoms. The minimum Gasteiger partial charge on any atom is -0.313 e. The van der Waals surface area contributed by atoms with Crippen LogP contribution in [-0.4, -0.2) is 24.8 Å². The van der Waals surface area contributed by atoms with Crippen molar-refractivity contribution in [1.82, 2.24) is 18.9 Å². The lowest BCUT2D eigenvalue weighted by Crippen LogP contribution is -2.30. The Morgan fingerprint density at radius 1 is 1.36 bits per heavy atom. The van der Waals surface area contributed by atoms with E-state index in [1.165, 1.54) is 26.4 Å². The zero-order valence-electron chi connectivity index (χ0n) is 13.1. The number of aryl methyl sites for hydroxylation is 1. The second-order valence-corrected chi connectivity index (χ2v) is 6.23. The molecule has 0 aromatic carbocycles. The second-order valence-electron chi connectivity index (χ2n) is 5.34. The number of fused-ring (bicyclic) bond motifs is 2. The van der Waals surface area contributed by atoms with Gasteiger partial charge in [-0.25, -0.2) is 9.97 Å². The van der Waals surface area contributed by atoms with Crippen LogP contribution in [0.15, 0.2) is 46.8 Å². The fraction of sp³-hybridized carbons (Fsp3) is 0.0625. The summed E-state index contributed by atoms with van der Waals surface area (Å²) in [5.74, 6) is -0.491. The van der Waals surface area contributed by atoms with E-state index >= 15 is 0 Å². The molecule has 0 saturated carbocycles. The summed E-state index contributed by atoms with van der Waals surface area (Å²) >= 11 is 1.28. The summed E-state index contributed by atoms with van der Waals surface area (Å²) < 4.78 is 2.84. The first-order chi connectivity index (χ1) is 12.1. The standard InChI is InChI=1S/C16H12N6O2S/c1-21-12(17)9(14(23)20-16-18-5-7-25-16)8-10-13(21)19-11-4-2-3-6-22(11)15(10)24/h2-8,17H,1H3,(H,18,20,23). The van der Waals surface area contributed by atoms with Crippen LogP contribution in [-0.2, 0) is 7.05 Å². The molecule has 4 heterocycles. The number of aromatic nitrogens is 4. The van der Waals surface area contributed by atoms with Gasteiger partial charge in [0.05, 0.1) is 10.9 Å². The molecule has 4 aromatic rings. The van der Waals surface area contributed by atoms with Crippen LogP contribution in [0.2, 0.25) is 0 Å². The van der Waals surface area contributed by atoms with Crippen molar-refractivity contribution in [3.8, 4) is 0 Å². The molecular weight excluding hydrogens is 340 g/mol. The lowest BCUT2D eigenvalue weighted by Gasteiger charge is -2.10. The molecule has 0 atom stereocenters. The van der Waals surface area contributed by atoms with Crippen molar-refractivity contribution in [1.29, 1.82) is 5.41 Å².